The quantitative estimate of drug-likeness (QED) is 0.338. The van der Waals surface area contributed by atoms with E-state index in [0.29, 0.717) is 48.9 Å². The highest BCUT2D eigenvalue weighted by Gasteiger charge is 2.20. The number of rotatable bonds is 6. The molecule has 1 aromatic heterocycles. The van der Waals surface area contributed by atoms with Crippen LogP contribution >= 0.6 is 0 Å². The molecule has 0 spiro atoms. The van der Waals surface area contributed by atoms with E-state index < -0.39 is 0 Å². The molecule has 0 radical (unpaired) electrons. The molecule has 2 aliphatic heterocycles. The first-order valence-corrected chi connectivity index (χ1v) is 13.7. The van der Waals surface area contributed by atoms with Crippen molar-refractivity contribution in [3.8, 4) is 28.0 Å². The van der Waals surface area contributed by atoms with Crippen LogP contribution in [-0.2, 0) is 9.53 Å². The van der Waals surface area contributed by atoms with Gasteiger partial charge in [0.2, 0.25) is 0 Å². The third-order valence-corrected chi connectivity index (χ3v) is 7.50. The minimum absolute atomic E-state index is 0.00519. The largest absolute Gasteiger partial charge is 0.483 e. The second-order valence-electron chi connectivity index (χ2n) is 10.0. The molecular formula is C32H32N2O5. The number of piperidine rings is 1. The van der Waals surface area contributed by atoms with E-state index in [-0.39, 0.29) is 17.9 Å². The fourth-order valence-corrected chi connectivity index (χ4v) is 5.37. The normalized spacial score (nSPS) is 15.9. The summed E-state index contributed by atoms with van der Waals surface area (Å²) in [5, 5.41) is 0.540. The van der Waals surface area contributed by atoms with Crippen molar-refractivity contribution in [1.29, 1.82) is 0 Å². The Bertz CT molecular complexity index is 1520. The Morgan fingerprint density at radius 3 is 2.38 bits per heavy atom. The standard InChI is InChI=1S/C32H32N2O5/c35-28-21-31(34-16-18-37-19-17-34)39-32-25(10-7-11-26(28)32)24-12-13-29(27(20-24)23-8-3-1-4-9-23)38-22-30(36)33-14-5-2-6-15-33/h1,3-4,7-13,20-21H,2,5-6,14-19,22H2. The highest BCUT2D eigenvalue weighted by Crippen LogP contribution is 2.37. The van der Waals surface area contributed by atoms with Gasteiger partial charge in [0.15, 0.2) is 17.9 Å². The van der Waals surface area contributed by atoms with Crippen molar-refractivity contribution in [2.75, 3.05) is 50.9 Å². The van der Waals surface area contributed by atoms with E-state index >= 15 is 0 Å². The Morgan fingerprint density at radius 1 is 0.795 bits per heavy atom. The van der Waals surface area contributed by atoms with E-state index in [1.54, 1.807) is 12.1 Å². The molecule has 7 heteroatoms. The summed E-state index contributed by atoms with van der Waals surface area (Å²) in [5.74, 6) is 1.22. The van der Waals surface area contributed by atoms with Crippen molar-refractivity contribution in [1.82, 2.24) is 4.90 Å². The average molecular weight is 525 g/mol. The summed E-state index contributed by atoms with van der Waals surface area (Å²) in [5.41, 5.74) is 4.07. The fraction of sp³-hybridized carbons (Fsp3) is 0.312. The smallest absolute Gasteiger partial charge is 0.260 e. The molecule has 0 atom stereocenters. The molecule has 0 aliphatic carbocycles. The molecule has 0 bridgehead atoms. The summed E-state index contributed by atoms with van der Waals surface area (Å²) in [7, 11) is 0. The van der Waals surface area contributed by atoms with Gasteiger partial charge in [-0.05, 0) is 48.6 Å². The Kier molecular flexibility index (Phi) is 7.32. The molecule has 4 aromatic rings. The number of hydrogen-bond donors (Lipinski definition) is 0. The van der Waals surface area contributed by atoms with Gasteiger partial charge in [0.05, 0.1) is 18.6 Å². The van der Waals surface area contributed by atoms with Crippen LogP contribution in [0.15, 0.2) is 82.0 Å². The van der Waals surface area contributed by atoms with Crippen LogP contribution in [0, 0.1) is 0 Å². The number of carbonyl (C=O) groups excluding carboxylic acids is 1. The molecule has 6 rings (SSSR count). The van der Waals surface area contributed by atoms with Crippen molar-refractivity contribution in [2.45, 2.75) is 19.3 Å². The maximum Gasteiger partial charge on any atom is 0.260 e. The SMILES string of the molecule is O=C(COc1ccc(-c2cccc3c(=O)cc(N4CCOCC4)oc23)cc1-c1ccccc1)N1CCCCC1. The van der Waals surface area contributed by atoms with Crippen LogP contribution in [0.2, 0.25) is 0 Å². The van der Waals surface area contributed by atoms with Gasteiger partial charge >= 0.3 is 0 Å². The molecule has 0 saturated carbocycles. The van der Waals surface area contributed by atoms with E-state index in [0.717, 1.165) is 48.2 Å². The maximum absolute atomic E-state index is 13.1. The number of morpholine rings is 1. The zero-order valence-electron chi connectivity index (χ0n) is 21.9. The first kappa shape index (κ1) is 25.2. The monoisotopic (exact) mass is 524 g/mol. The van der Waals surface area contributed by atoms with Gasteiger partial charge in [-0.3, -0.25) is 9.59 Å². The number of carbonyl (C=O) groups is 1. The number of likely N-dealkylation sites (tertiary alicyclic amines) is 1. The highest BCUT2D eigenvalue weighted by atomic mass is 16.5. The highest BCUT2D eigenvalue weighted by molar-refractivity contribution is 5.94. The maximum atomic E-state index is 13.1. The van der Waals surface area contributed by atoms with E-state index in [1.807, 2.05) is 70.5 Å². The molecule has 3 aromatic carbocycles. The van der Waals surface area contributed by atoms with Crippen molar-refractivity contribution < 1.29 is 18.7 Å². The van der Waals surface area contributed by atoms with Crippen molar-refractivity contribution in [2.24, 2.45) is 0 Å². The Morgan fingerprint density at radius 2 is 1.59 bits per heavy atom. The van der Waals surface area contributed by atoms with Gasteiger partial charge in [-0.1, -0.05) is 48.5 Å². The summed E-state index contributed by atoms with van der Waals surface area (Å²) in [4.78, 5) is 29.8. The molecule has 39 heavy (non-hydrogen) atoms. The molecule has 1 amide bonds. The van der Waals surface area contributed by atoms with E-state index in [1.165, 1.54) is 6.42 Å². The minimum Gasteiger partial charge on any atom is -0.483 e. The molecule has 0 N–H and O–H groups in total. The topological polar surface area (TPSA) is 72.2 Å². The van der Waals surface area contributed by atoms with Crippen LogP contribution in [0.3, 0.4) is 0 Å². The van der Waals surface area contributed by atoms with Crippen LogP contribution < -0.4 is 15.1 Å². The molecule has 200 valence electrons. The number of fused-ring (bicyclic) bond motifs is 1. The lowest BCUT2D eigenvalue weighted by Crippen LogP contribution is -2.38. The van der Waals surface area contributed by atoms with Gasteiger partial charge < -0.3 is 23.7 Å². The number of hydrogen-bond acceptors (Lipinski definition) is 6. The molecule has 2 saturated heterocycles. The molecule has 2 fully saturated rings. The van der Waals surface area contributed by atoms with E-state index in [4.69, 9.17) is 13.9 Å². The number of para-hydroxylation sites is 1. The Labute approximate surface area is 227 Å². The number of anilines is 1. The summed E-state index contributed by atoms with van der Waals surface area (Å²) in [6.07, 6.45) is 3.26. The Hall–Kier alpha value is -4.10. The summed E-state index contributed by atoms with van der Waals surface area (Å²) >= 11 is 0. The lowest BCUT2D eigenvalue weighted by Gasteiger charge is -2.27. The summed E-state index contributed by atoms with van der Waals surface area (Å²) in [6, 6.07) is 23.1. The lowest BCUT2D eigenvalue weighted by atomic mass is 9.97. The minimum atomic E-state index is -0.0703. The van der Waals surface area contributed by atoms with Gasteiger partial charge in [-0.2, -0.15) is 0 Å². The molecule has 7 nitrogen and oxygen atoms in total. The zero-order valence-corrected chi connectivity index (χ0v) is 21.9. The summed E-state index contributed by atoms with van der Waals surface area (Å²) in [6.45, 7) is 4.16. The molecular weight excluding hydrogens is 492 g/mol. The molecule has 2 aliphatic rings. The third-order valence-electron chi connectivity index (χ3n) is 7.50. The first-order chi connectivity index (χ1) is 19.2. The van der Waals surface area contributed by atoms with Gasteiger partial charge in [-0.25, -0.2) is 0 Å². The van der Waals surface area contributed by atoms with Gasteiger partial charge in [0.25, 0.3) is 5.91 Å². The third kappa shape index (κ3) is 5.40. The van der Waals surface area contributed by atoms with E-state index in [2.05, 4.69) is 0 Å². The second kappa shape index (κ2) is 11.3. The number of benzene rings is 3. The second-order valence-corrected chi connectivity index (χ2v) is 10.0. The van der Waals surface area contributed by atoms with Gasteiger partial charge in [-0.15, -0.1) is 0 Å². The Balaban J connectivity index is 1.38. The van der Waals surface area contributed by atoms with Crippen LogP contribution in [0.25, 0.3) is 33.2 Å². The average Bonchev–Trinajstić information content (AvgIpc) is 3.01. The zero-order chi connectivity index (χ0) is 26.6. The molecule has 0 unspecified atom stereocenters. The number of ether oxygens (including phenoxy) is 2. The van der Waals surface area contributed by atoms with Crippen LogP contribution in [-0.4, -0.2) is 56.8 Å². The predicted octanol–water partition coefficient (Wildman–Crippen LogP) is 5.35. The van der Waals surface area contributed by atoms with Crippen LogP contribution in [0.1, 0.15) is 19.3 Å². The summed E-state index contributed by atoms with van der Waals surface area (Å²) < 4.78 is 18.0. The molecule has 3 heterocycles. The van der Waals surface area contributed by atoms with Gasteiger partial charge in [0.1, 0.15) is 11.3 Å². The van der Waals surface area contributed by atoms with Crippen LogP contribution in [0.4, 0.5) is 5.88 Å². The first-order valence-electron chi connectivity index (χ1n) is 13.7. The number of amides is 1. The fourth-order valence-electron chi connectivity index (χ4n) is 5.37. The predicted molar refractivity (Wildman–Crippen MR) is 152 cm³/mol. The van der Waals surface area contributed by atoms with Crippen molar-refractivity contribution >= 4 is 22.8 Å². The lowest BCUT2D eigenvalue weighted by molar-refractivity contribution is -0.134. The number of nitrogens with zero attached hydrogens (tertiary/aromatic N) is 2. The van der Waals surface area contributed by atoms with Crippen molar-refractivity contribution in [3.63, 3.8) is 0 Å². The van der Waals surface area contributed by atoms with E-state index in [9.17, 15) is 9.59 Å². The van der Waals surface area contributed by atoms with Crippen LogP contribution in [0.5, 0.6) is 5.75 Å². The van der Waals surface area contributed by atoms with Crippen molar-refractivity contribution in [3.05, 3.63) is 83.0 Å². The van der Waals surface area contributed by atoms with Gasteiger partial charge in [0, 0.05) is 43.4 Å².